The molecule has 27 heavy (non-hydrogen) atoms. The molecule has 0 fully saturated rings. The molecule has 0 heterocycles. The summed E-state index contributed by atoms with van der Waals surface area (Å²) in [5.74, 6) is 2.46. The zero-order valence-corrected chi connectivity index (χ0v) is 17.4. The average molecular weight is 432 g/mol. The summed E-state index contributed by atoms with van der Waals surface area (Å²) in [6.45, 7) is 4.88. The maximum Gasteiger partial charge on any atom is 0.175 e. The molecule has 0 aliphatic carbocycles. The molecule has 0 aliphatic heterocycles. The molecule has 0 saturated heterocycles. The highest BCUT2D eigenvalue weighted by atomic mass is 79.9. The molecule has 0 radical (unpaired) electrons. The molecule has 6 heteroatoms. The second kappa shape index (κ2) is 9.89. The lowest BCUT2D eigenvalue weighted by molar-refractivity contribution is 0.286. The van der Waals surface area contributed by atoms with Gasteiger partial charge in [-0.15, -0.1) is 0 Å². The van der Waals surface area contributed by atoms with Gasteiger partial charge in [-0.25, -0.2) is 0 Å². The van der Waals surface area contributed by atoms with E-state index in [1.807, 2.05) is 32.0 Å². The second-order valence-electron chi connectivity index (χ2n) is 5.44. The molecule has 5 nitrogen and oxygen atoms in total. The second-order valence-corrected chi connectivity index (χ2v) is 6.29. The van der Waals surface area contributed by atoms with E-state index in [4.69, 9.17) is 18.9 Å². The third-order valence-corrected chi connectivity index (χ3v) is 4.34. The number of halogens is 1. The molecule has 0 N–H and O–H groups in total. The summed E-state index contributed by atoms with van der Waals surface area (Å²) in [5.41, 5.74) is 2.05. The highest BCUT2D eigenvalue weighted by Crippen LogP contribution is 2.38. The van der Waals surface area contributed by atoms with Crippen LogP contribution in [-0.4, -0.2) is 27.4 Å². The van der Waals surface area contributed by atoms with Gasteiger partial charge in [-0.1, -0.05) is 0 Å². The summed E-state index contributed by atoms with van der Waals surface area (Å²) in [6, 6.07) is 11.4. The van der Waals surface area contributed by atoms with Gasteiger partial charge in [-0.2, -0.15) is 5.26 Å². The Kier molecular flexibility index (Phi) is 7.56. The summed E-state index contributed by atoms with van der Waals surface area (Å²) in [6.07, 6.45) is 1.80. The van der Waals surface area contributed by atoms with E-state index in [1.54, 1.807) is 32.4 Å². The van der Waals surface area contributed by atoms with E-state index in [9.17, 15) is 5.26 Å². The summed E-state index contributed by atoms with van der Waals surface area (Å²) in [5, 5.41) is 9.65. The summed E-state index contributed by atoms with van der Waals surface area (Å²) >= 11 is 3.53. The van der Waals surface area contributed by atoms with Crippen LogP contribution in [0.1, 0.15) is 25.0 Å². The number of rotatable bonds is 8. The molecule has 0 bridgehead atoms. The van der Waals surface area contributed by atoms with E-state index in [0.29, 0.717) is 41.8 Å². The fourth-order valence-corrected chi connectivity index (χ4v) is 3.14. The van der Waals surface area contributed by atoms with Crippen molar-refractivity contribution < 1.29 is 18.9 Å². The highest BCUT2D eigenvalue weighted by molar-refractivity contribution is 9.10. The third kappa shape index (κ3) is 4.95. The Morgan fingerprint density at radius 3 is 2.30 bits per heavy atom. The number of benzene rings is 2. The van der Waals surface area contributed by atoms with Crippen molar-refractivity contribution in [2.45, 2.75) is 13.8 Å². The first-order chi connectivity index (χ1) is 13.1. The van der Waals surface area contributed by atoms with Crippen LogP contribution in [0, 0.1) is 11.3 Å². The molecule has 0 amide bonds. The monoisotopic (exact) mass is 431 g/mol. The van der Waals surface area contributed by atoms with E-state index >= 15 is 0 Å². The van der Waals surface area contributed by atoms with Crippen molar-refractivity contribution in [2.75, 3.05) is 27.4 Å². The summed E-state index contributed by atoms with van der Waals surface area (Å²) < 4.78 is 22.7. The Morgan fingerprint density at radius 2 is 1.70 bits per heavy atom. The predicted molar refractivity (Wildman–Crippen MR) is 110 cm³/mol. The quantitative estimate of drug-likeness (QED) is 0.417. The van der Waals surface area contributed by atoms with Crippen LogP contribution in [-0.2, 0) is 0 Å². The van der Waals surface area contributed by atoms with Crippen molar-refractivity contribution in [2.24, 2.45) is 0 Å². The number of nitriles is 1. The standard InChI is InChI=1S/C21H22BrNO4/c1-5-26-20-11-14(10-17(22)21(20)27-6-2)9-16(13-23)15-7-8-18(24-3)19(12-15)25-4/h7-12H,5-6H2,1-4H3/b16-9+. The van der Waals surface area contributed by atoms with Crippen molar-refractivity contribution in [1.29, 1.82) is 5.26 Å². The summed E-state index contributed by atoms with van der Waals surface area (Å²) in [7, 11) is 3.14. The van der Waals surface area contributed by atoms with Crippen LogP contribution in [0.25, 0.3) is 11.6 Å². The van der Waals surface area contributed by atoms with Crippen LogP contribution in [0.15, 0.2) is 34.8 Å². The molecular formula is C21H22BrNO4. The van der Waals surface area contributed by atoms with E-state index in [-0.39, 0.29) is 0 Å². The molecular weight excluding hydrogens is 410 g/mol. The molecule has 0 aliphatic rings. The molecule has 0 saturated carbocycles. The van der Waals surface area contributed by atoms with Gasteiger partial charge in [0.15, 0.2) is 23.0 Å². The lowest BCUT2D eigenvalue weighted by Crippen LogP contribution is -1.99. The highest BCUT2D eigenvalue weighted by Gasteiger charge is 2.13. The van der Waals surface area contributed by atoms with Gasteiger partial charge in [0.1, 0.15) is 0 Å². The van der Waals surface area contributed by atoms with Gasteiger partial charge < -0.3 is 18.9 Å². The maximum absolute atomic E-state index is 9.65. The van der Waals surface area contributed by atoms with Gasteiger partial charge >= 0.3 is 0 Å². The van der Waals surface area contributed by atoms with Gasteiger partial charge in [-0.05, 0) is 77.3 Å². The Bertz CT molecular complexity index is 871. The van der Waals surface area contributed by atoms with E-state index in [1.165, 1.54) is 0 Å². The molecule has 0 aromatic heterocycles. The molecule has 0 unspecified atom stereocenters. The summed E-state index contributed by atoms with van der Waals surface area (Å²) in [4.78, 5) is 0. The van der Waals surface area contributed by atoms with Crippen LogP contribution >= 0.6 is 15.9 Å². The van der Waals surface area contributed by atoms with Gasteiger partial charge in [0.05, 0.1) is 43.5 Å². The zero-order valence-electron chi connectivity index (χ0n) is 15.8. The van der Waals surface area contributed by atoms with Crippen molar-refractivity contribution in [3.8, 4) is 29.1 Å². The minimum absolute atomic E-state index is 0.495. The van der Waals surface area contributed by atoms with Crippen LogP contribution < -0.4 is 18.9 Å². The first-order valence-electron chi connectivity index (χ1n) is 8.51. The molecule has 2 aromatic carbocycles. The number of hydrogen-bond donors (Lipinski definition) is 0. The topological polar surface area (TPSA) is 60.7 Å². The van der Waals surface area contributed by atoms with Crippen LogP contribution in [0.2, 0.25) is 0 Å². The predicted octanol–water partition coefficient (Wildman–Crippen LogP) is 5.33. The van der Waals surface area contributed by atoms with Gasteiger partial charge in [0.25, 0.3) is 0 Å². The van der Waals surface area contributed by atoms with E-state index < -0.39 is 0 Å². The Labute approximate surface area is 168 Å². The smallest absolute Gasteiger partial charge is 0.175 e. The Morgan fingerprint density at radius 1 is 1.00 bits per heavy atom. The van der Waals surface area contributed by atoms with Crippen LogP contribution in [0.3, 0.4) is 0 Å². The minimum Gasteiger partial charge on any atom is -0.493 e. The fraction of sp³-hybridized carbons (Fsp3) is 0.286. The normalized spacial score (nSPS) is 10.9. The number of nitrogens with zero attached hydrogens (tertiary/aromatic N) is 1. The zero-order chi connectivity index (χ0) is 19.8. The Balaban J connectivity index is 2.50. The Hall–Kier alpha value is -2.65. The molecule has 0 atom stereocenters. The largest absolute Gasteiger partial charge is 0.493 e. The third-order valence-electron chi connectivity index (χ3n) is 3.75. The van der Waals surface area contributed by atoms with Crippen molar-refractivity contribution >= 4 is 27.6 Å². The number of allylic oxidation sites excluding steroid dienone is 1. The van der Waals surface area contributed by atoms with Crippen LogP contribution in [0.5, 0.6) is 23.0 Å². The first-order valence-corrected chi connectivity index (χ1v) is 9.30. The molecule has 0 spiro atoms. The van der Waals surface area contributed by atoms with E-state index in [2.05, 4.69) is 22.0 Å². The lowest BCUT2D eigenvalue weighted by Gasteiger charge is -2.14. The molecule has 2 rings (SSSR count). The fourth-order valence-electron chi connectivity index (χ4n) is 2.57. The minimum atomic E-state index is 0.495. The first kappa shape index (κ1) is 20.7. The van der Waals surface area contributed by atoms with Crippen LogP contribution in [0.4, 0.5) is 0 Å². The number of ether oxygens (including phenoxy) is 4. The average Bonchev–Trinajstić information content (AvgIpc) is 2.68. The van der Waals surface area contributed by atoms with E-state index in [0.717, 1.165) is 15.6 Å². The van der Waals surface area contributed by atoms with Crippen molar-refractivity contribution in [3.63, 3.8) is 0 Å². The maximum atomic E-state index is 9.65. The van der Waals surface area contributed by atoms with Crippen molar-refractivity contribution in [1.82, 2.24) is 0 Å². The van der Waals surface area contributed by atoms with Gasteiger partial charge in [0.2, 0.25) is 0 Å². The number of methoxy groups -OCH3 is 2. The molecule has 142 valence electrons. The van der Waals surface area contributed by atoms with Crippen molar-refractivity contribution in [3.05, 3.63) is 45.9 Å². The number of hydrogen-bond acceptors (Lipinski definition) is 5. The lowest BCUT2D eigenvalue weighted by atomic mass is 10.0. The van der Waals surface area contributed by atoms with Gasteiger partial charge in [0, 0.05) is 0 Å². The molecule has 2 aromatic rings. The SMILES string of the molecule is CCOc1cc(/C=C(\C#N)c2ccc(OC)c(OC)c2)cc(Br)c1OCC. The van der Waals surface area contributed by atoms with Gasteiger partial charge in [-0.3, -0.25) is 0 Å².